The smallest absolute Gasteiger partial charge is 0.233 e. The highest BCUT2D eigenvalue weighted by Crippen LogP contribution is 2.28. The Bertz CT molecular complexity index is 583. The van der Waals surface area contributed by atoms with Crippen molar-refractivity contribution in [1.82, 2.24) is 0 Å². The van der Waals surface area contributed by atoms with Gasteiger partial charge in [-0.05, 0) is 59.3 Å². The Kier molecular flexibility index (Phi) is 5.07. The molecule has 0 aromatic heterocycles. The highest BCUT2D eigenvalue weighted by molar-refractivity contribution is 9.10. The van der Waals surface area contributed by atoms with Crippen molar-refractivity contribution in [3.8, 4) is 0 Å². The van der Waals surface area contributed by atoms with Crippen LogP contribution in [0.1, 0.15) is 37.7 Å². The molecule has 1 aliphatic carbocycles. The van der Waals surface area contributed by atoms with Crippen LogP contribution in [0.3, 0.4) is 0 Å². The monoisotopic (exact) mass is 363 g/mol. The Morgan fingerprint density at radius 2 is 1.95 bits per heavy atom. The predicted molar refractivity (Wildman–Crippen MR) is 82.8 cm³/mol. The van der Waals surface area contributed by atoms with E-state index in [1.54, 1.807) is 6.92 Å². The number of anilines is 1. The fourth-order valence-corrected chi connectivity index (χ4v) is 4.57. The van der Waals surface area contributed by atoms with E-state index in [1.165, 1.54) is 18.6 Å². The summed E-state index contributed by atoms with van der Waals surface area (Å²) in [5.41, 5.74) is 1.02. The van der Waals surface area contributed by atoms with Gasteiger partial charge in [-0.3, -0.25) is 4.72 Å². The Balaban J connectivity index is 2.09. The second-order valence-corrected chi connectivity index (χ2v) is 8.09. The first-order valence-corrected chi connectivity index (χ1v) is 9.28. The van der Waals surface area contributed by atoms with Crippen LogP contribution < -0.4 is 4.72 Å². The molecule has 0 spiro atoms. The fourth-order valence-electron chi connectivity index (χ4n) is 2.63. The van der Waals surface area contributed by atoms with Gasteiger partial charge in [0, 0.05) is 0 Å². The van der Waals surface area contributed by atoms with Crippen molar-refractivity contribution in [3.05, 3.63) is 28.0 Å². The second-order valence-electron chi connectivity index (χ2n) is 5.47. The third-order valence-corrected chi connectivity index (χ3v) is 5.76. The molecule has 0 unspecified atom stereocenters. The summed E-state index contributed by atoms with van der Waals surface area (Å²) in [5, 5.41) is 0. The zero-order chi connectivity index (χ0) is 14.8. The molecule has 1 fully saturated rings. The topological polar surface area (TPSA) is 46.2 Å². The third kappa shape index (κ3) is 4.19. The van der Waals surface area contributed by atoms with Gasteiger partial charge in [0.25, 0.3) is 0 Å². The minimum atomic E-state index is -3.38. The molecular weight excluding hydrogens is 345 g/mol. The Morgan fingerprint density at radius 3 is 2.60 bits per heavy atom. The van der Waals surface area contributed by atoms with E-state index in [9.17, 15) is 12.8 Å². The van der Waals surface area contributed by atoms with E-state index in [4.69, 9.17) is 0 Å². The van der Waals surface area contributed by atoms with Gasteiger partial charge in [-0.15, -0.1) is 0 Å². The van der Waals surface area contributed by atoms with Crippen molar-refractivity contribution in [2.24, 2.45) is 5.92 Å². The number of nitrogens with one attached hydrogen (secondary N) is 1. The van der Waals surface area contributed by atoms with Crippen LogP contribution in [0.4, 0.5) is 10.1 Å². The summed E-state index contributed by atoms with van der Waals surface area (Å²) >= 11 is 3.08. The van der Waals surface area contributed by atoms with E-state index in [0.29, 0.717) is 11.3 Å². The van der Waals surface area contributed by atoms with Crippen LogP contribution in [-0.4, -0.2) is 14.2 Å². The minimum absolute atomic E-state index is 0.154. The van der Waals surface area contributed by atoms with E-state index in [0.717, 1.165) is 25.7 Å². The zero-order valence-electron chi connectivity index (χ0n) is 11.5. The van der Waals surface area contributed by atoms with Crippen molar-refractivity contribution >= 4 is 31.6 Å². The van der Waals surface area contributed by atoms with Gasteiger partial charge in [0.2, 0.25) is 10.0 Å². The third-order valence-electron chi connectivity index (χ3n) is 3.71. The largest absolute Gasteiger partial charge is 0.283 e. The first kappa shape index (κ1) is 15.8. The van der Waals surface area contributed by atoms with Crippen LogP contribution >= 0.6 is 15.9 Å². The van der Waals surface area contributed by atoms with Crippen LogP contribution in [0, 0.1) is 18.7 Å². The molecule has 0 aliphatic heterocycles. The van der Waals surface area contributed by atoms with E-state index in [2.05, 4.69) is 20.7 Å². The fraction of sp³-hybridized carbons (Fsp3) is 0.571. The summed E-state index contributed by atoms with van der Waals surface area (Å²) in [6.07, 6.45) is 5.39. The Labute approximate surface area is 128 Å². The average Bonchev–Trinajstić information content (AvgIpc) is 2.36. The van der Waals surface area contributed by atoms with Crippen molar-refractivity contribution in [2.45, 2.75) is 39.0 Å². The van der Waals surface area contributed by atoms with Crippen LogP contribution in [0.25, 0.3) is 0 Å². The lowest BCUT2D eigenvalue weighted by Gasteiger charge is -2.22. The molecule has 2 rings (SSSR count). The first-order chi connectivity index (χ1) is 9.37. The maximum Gasteiger partial charge on any atom is 0.233 e. The van der Waals surface area contributed by atoms with Gasteiger partial charge in [-0.1, -0.05) is 19.3 Å². The van der Waals surface area contributed by atoms with E-state index < -0.39 is 15.8 Å². The highest BCUT2D eigenvalue weighted by atomic mass is 79.9. The average molecular weight is 364 g/mol. The maximum absolute atomic E-state index is 13.3. The van der Waals surface area contributed by atoms with Gasteiger partial charge in [0.1, 0.15) is 5.82 Å². The molecule has 0 atom stereocenters. The number of benzene rings is 1. The standard InChI is InChI=1S/C14H19BrFNO2S/c1-10-7-13(16)12(15)8-14(10)17-20(18,19)9-11-5-3-2-4-6-11/h7-8,11,17H,2-6,9H2,1H3. The molecule has 0 amide bonds. The van der Waals surface area contributed by atoms with Crippen molar-refractivity contribution in [1.29, 1.82) is 0 Å². The van der Waals surface area contributed by atoms with Gasteiger partial charge in [0.15, 0.2) is 0 Å². The van der Waals surface area contributed by atoms with E-state index in [-0.39, 0.29) is 16.1 Å². The predicted octanol–water partition coefficient (Wildman–Crippen LogP) is 4.22. The molecule has 112 valence electrons. The lowest BCUT2D eigenvalue weighted by atomic mass is 9.91. The molecule has 1 aromatic rings. The van der Waals surface area contributed by atoms with Gasteiger partial charge >= 0.3 is 0 Å². The molecule has 0 bridgehead atoms. The summed E-state index contributed by atoms with van der Waals surface area (Å²) in [4.78, 5) is 0. The van der Waals surface area contributed by atoms with Gasteiger partial charge in [-0.25, -0.2) is 12.8 Å². The summed E-state index contributed by atoms with van der Waals surface area (Å²) < 4.78 is 40.6. The maximum atomic E-state index is 13.3. The molecular formula is C14H19BrFNO2S. The first-order valence-electron chi connectivity index (χ1n) is 6.83. The molecule has 6 heteroatoms. The van der Waals surface area contributed by atoms with Crippen LogP contribution in [0.2, 0.25) is 0 Å². The van der Waals surface area contributed by atoms with E-state index in [1.807, 2.05) is 0 Å². The summed E-state index contributed by atoms with van der Waals surface area (Å²) in [5.74, 6) is 0.00436. The zero-order valence-corrected chi connectivity index (χ0v) is 13.9. The van der Waals surface area contributed by atoms with Crippen LogP contribution in [-0.2, 0) is 10.0 Å². The van der Waals surface area contributed by atoms with Crippen LogP contribution in [0.15, 0.2) is 16.6 Å². The number of hydrogen-bond acceptors (Lipinski definition) is 2. The highest BCUT2D eigenvalue weighted by Gasteiger charge is 2.22. The lowest BCUT2D eigenvalue weighted by molar-refractivity contribution is 0.385. The van der Waals surface area contributed by atoms with Gasteiger partial charge in [0.05, 0.1) is 15.9 Å². The minimum Gasteiger partial charge on any atom is -0.283 e. The quantitative estimate of drug-likeness (QED) is 0.870. The normalized spacial score (nSPS) is 17.1. The molecule has 0 radical (unpaired) electrons. The van der Waals surface area contributed by atoms with Crippen molar-refractivity contribution in [2.75, 3.05) is 10.5 Å². The molecule has 1 saturated carbocycles. The molecule has 1 aromatic carbocycles. The summed E-state index contributed by atoms with van der Waals surface area (Å²) in [6, 6.07) is 2.80. The lowest BCUT2D eigenvalue weighted by Crippen LogP contribution is -2.24. The molecule has 1 N–H and O–H groups in total. The number of aryl methyl sites for hydroxylation is 1. The number of halogens is 2. The second kappa shape index (κ2) is 6.43. The van der Waals surface area contributed by atoms with Gasteiger partial charge in [-0.2, -0.15) is 0 Å². The van der Waals surface area contributed by atoms with Crippen molar-refractivity contribution in [3.63, 3.8) is 0 Å². The van der Waals surface area contributed by atoms with Crippen molar-refractivity contribution < 1.29 is 12.8 Å². The Morgan fingerprint density at radius 1 is 1.30 bits per heavy atom. The number of hydrogen-bond donors (Lipinski definition) is 1. The molecule has 20 heavy (non-hydrogen) atoms. The number of sulfonamides is 1. The summed E-state index contributed by atoms with van der Waals surface area (Å²) in [6.45, 7) is 1.69. The Hall–Kier alpha value is -0.620. The van der Waals surface area contributed by atoms with E-state index >= 15 is 0 Å². The molecule has 0 heterocycles. The molecule has 3 nitrogen and oxygen atoms in total. The summed E-state index contributed by atoms with van der Waals surface area (Å²) in [7, 11) is -3.38. The number of rotatable bonds is 4. The SMILES string of the molecule is Cc1cc(F)c(Br)cc1NS(=O)(=O)CC1CCCCC1. The molecule has 0 saturated heterocycles. The molecule has 1 aliphatic rings. The van der Waals surface area contributed by atoms with Gasteiger partial charge < -0.3 is 0 Å². The van der Waals surface area contributed by atoms with Crippen LogP contribution in [0.5, 0.6) is 0 Å².